The predicted molar refractivity (Wildman–Crippen MR) is 82.6 cm³/mol. The molecule has 1 amide bonds. The van der Waals surface area contributed by atoms with E-state index in [-0.39, 0.29) is 18.4 Å². The Labute approximate surface area is 129 Å². The van der Waals surface area contributed by atoms with Gasteiger partial charge in [-0.3, -0.25) is 9.59 Å². The summed E-state index contributed by atoms with van der Waals surface area (Å²) in [5.74, 6) is -1.16. The van der Waals surface area contributed by atoms with Gasteiger partial charge >= 0.3 is 5.97 Å². The van der Waals surface area contributed by atoms with Crippen molar-refractivity contribution in [2.45, 2.75) is 38.5 Å². The fourth-order valence-electron chi connectivity index (χ4n) is 2.80. The lowest BCUT2D eigenvalue weighted by atomic mass is 9.98. The number of hydrogen-bond acceptors (Lipinski definition) is 2. The molecule has 0 aromatic heterocycles. The topological polar surface area (TPSA) is 57.6 Å². The van der Waals surface area contributed by atoms with Crippen LogP contribution in [-0.2, 0) is 9.59 Å². The second-order valence-electron chi connectivity index (χ2n) is 5.48. The maximum atomic E-state index is 12.7. The molecule has 1 N–H and O–H groups in total. The average molecular weight is 310 g/mol. The Balaban J connectivity index is 2.19. The third kappa shape index (κ3) is 4.46. The van der Waals surface area contributed by atoms with E-state index in [1.807, 2.05) is 0 Å². The van der Waals surface area contributed by atoms with Crippen LogP contribution < -0.4 is 4.90 Å². The number of rotatable bonds is 4. The number of aliphatic carboxylic acids is 1. The first-order valence-corrected chi connectivity index (χ1v) is 7.74. The van der Waals surface area contributed by atoms with Gasteiger partial charge in [-0.1, -0.05) is 37.3 Å². The van der Waals surface area contributed by atoms with E-state index < -0.39 is 5.97 Å². The average Bonchev–Trinajstić information content (AvgIpc) is 2.74. The van der Waals surface area contributed by atoms with Gasteiger partial charge in [0.25, 0.3) is 0 Å². The number of carbonyl (C=O) groups excluding carboxylic acids is 1. The van der Waals surface area contributed by atoms with E-state index in [1.165, 1.54) is 4.90 Å². The van der Waals surface area contributed by atoms with E-state index in [9.17, 15) is 9.59 Å². The molecule has 0 saturated heterocycles. The van der Waals surface area contributed by atoms with Gasteiger partial charge < -0.3 is 10.0 Å². The standard InChI is InChI=1S/C16H20ClNO3/c17-13-7-9-14(10-8-13)18(11-15(19)20)16(21)12-5-3-1-2-4-6-12/h7-10,12H,1-6,11H2,(H,19,20). The van der Waals surface area contributed by atoms with Crippen LogP contribution in [0.4, 0.5) is 5.69 Å². The molecule has 1 aromatic rings. The Morgan fingerprint density at radius 3 is 2.19 bits per heavy atom. The smallest absolute Gasteiger partial charge is 0.323 e. The van der Waals surface area contributed by atoms with Crippen LogP contribution in [0.3, 0.4) is 0 Å². The van der Waals surface area contributed by atoms with Crippen LogP contribution in [0.5, 0.6) is 0 Å². The molecular formula is C16H20ClNO3. The zero-order valence-electron chi connectivity index (χ0n) is 11.9. The minimum atomic E-state index is -1.01. The third-order valence-corrected chi connectivity index (χ3v) is 4.15. The van der Waals surface area contributed by atoms with Gasteiger partial charge in [0, 0.05) is 16.6 Å². The largest absolute Gasteiger partial charge is 0.480 e. The van der Waals surface area contributed by atoms with Gasteiger partial charge in [-0.2, -0.15) is 0 Å². The summed E-state index contributed by atoms with van der Waals surface area (Å²) in [4.78, 5) is 25.2. The zero-order valence-corrected chi connectivity index (χ0v) is 12.7. The molecule has 1 fully saturated rings. The molecule has 0 spiro atoms. The van der Waals surface area contributed by atoms with Crippen LogP contribution in [-0.4, -0.2) is 23.5 Å². The monoisotopic (exact) mass is 309 g/mol. The number of hydrogen-bond donors (Lipinski definition) is 1. The van der Waals surface area contributed by atoms with Crippen molar-refractivity contribution in [2.24, 2.45) is 5.92 Å². The lowest BCUT2D eigenvalue weighted by molar-refractivity contribution is -0.137. The highest BCUT2D eigenvalue weighted by atomic mass is 35.5. The lowest BCUT2D eigenvalue weighted by Gasteiger charge is -2.25. The number of carbonyl (C=O) groups is 2. The fourth-order valence-corrected chi connectivity index (χ4v) is 2.93. The van der Waals surface area contributed by atoms with Crippen LogP contribution in [0.1, 0.15) is 38.5 Å². The highest BCUT2D eigenvalue weighted by molar-refractivity contribution is 6.30. The molecule has 5 heteroatoms. The molecule has 21 heavy (non-hydrogen) atoms. The van der Waals surface area contributed by atoms with Crippen LogP contribution in [0.25, 0.3) is 0 Å². The Hall–Kier alpha value is -1.55. The van der Waals surface area contributed by atoms with Crippen LogP contribution >= 0.6 is 11.6 Å². The van der Waals surface area contributed by atoms with Gasteiger partial charge in [0.2, 0.25) is 5.91 Å². The first-order chi connectivity index (χ1) is 10.1. The minimum absolute atomic E-state index is 0.0671. The van der Waals surface area contributed by atoms with E-state index >= 15 is 0 Å². The summed E-state index contributed by atoms with van der Waals surface area (Å²) in [6.45, 7) is -0.309. The molecule has 1 aromatic carbocycles. The van der Waals surface area contributed by atoms with Gasteiger partial charge in [0.05, 0.1) is 0 Å². The molecule has 1 aliphatic carbocycles. The van der Waals surface area contributed by atoms with E-state index in [0.717, 1.165) is 38.5 Å². The maximum Gasteiger partial charge on any atom is 0.323 e. The summed E-state index contributed by atoms with van der Waals surface area (Å²) >= 11 is 5.85. The molecular weight excluding hydrogens is 290 g/mol. The first-order valence-electron chi connectivity index (χ1n) is 7.36. The van der Waals surface area contributed by atoms with Gasteiger partial charge in [-0.05, 0) is 37.1 Å². The molecule has 114 valence electrons. The summed E-state index contributed by atoms with van der Waals surface area (Å²) in [5.41, 5.74) is 0.594. The van der Waals surface area contributed by atoms with Crippen molar-refractivity contribution in [3.05, 3.63) is 29.3 Å². The molecule has 0 unspecified atom stereocenters. The normalized spacial score (nSPS) is 16.2. The summed E-state index contributed by atoms with van der Waals surface area (Å²) in [6, 6.07) is 6.73. The molecule has 0 atom stereocenters. The van der Waals surface area contributed by atoms with Gasteiger partial charge in [0.1, 0.15) is 6.54 Å². The Morgan fingerprint density at radius 1 is 1.10 bits per heavy atom. The maximum absolute atomic E-state index is 12.7. The molecule has 0 bridgehead atoms. The third-order valence-electron chi connectivity index (χ3n) is 3.90. The molecule has 0 radical (unpaired) electrons. The zero-order chi connectivity index (χ0) is 15.2. The number of carboxylic acids is 1. The highest BCUT2D eigenvalue weighted by Gasteiger charge is 2.27. The number of anilines is 1. The molecule has 1 saturated carbocycles. The second kappa shape index (κ2) is 7.46. The Morgan fingerprint density at radius 2 is 1.67 bits per heavy atom. The van der Waals surface area contributed by atoms with Crippen LogP contribution in [0.15, 0.2) is 24.3 Å². The number of halogens is 1. The minimum Gasteiger partial charge on any atom is -0.480 e. The molecule has 2 rings (SSSR count). The van der Waals surface area contributed by atoms with Crippen molar-refractivity contribution >= 4 is 29.2 Å². The van der Waals surface area contributed by atoms with Crippen molar-refractivity contribution in [3.8, 4) is 0 Å². The number of amides is 1. The van der Waals surface area contributed by atoms with Crippen molar-refractivity contribution in [1.29, 1.82) is 0 Å². The molecule has 0 heterocycles. The van der Waals surface area contributed by atoms with Crippen molar-refractivity contribution < 1.29 is 14.7 Å². The van der Waals surface area contributed by atoms with E-state index in [1.54, 1.807) is 24.3 Å². The van der Waals surface area contributed by atoms with Crippen molar-refractivity contribution in [3.63, 3.8) is 0 Å². The second-order valence-corrected chi connectivity index (χ2v) is 5.92. The molecule has 0 aliphatic heterocycles. The van der Waals surface area contributed by atoms with Gasteiger partial charge in [-0.25, -0.2) is 0 Å². The SMILES string of the molecule is O=C(O)CN(C(=O)C1CCCCCC1)c1ccc(Cl)cc1. The summed E-state index contributed by atoms with van der Waals surface area (Å²) < 4.78 is 0. The summed E-state index contributed by atoms with van der Waals surface area (Å²) in [5, 5.41) is 9.65. The number of carboxylic acid groups (broad SMARTS) is 1. The van der Waals surface area contributed by atoms with E-state index in [2.05, 4.69) is 0 Å². The summed E-state index contributed by atoms with van der Waals surface area (Å²) in [7, 11) is 0. The number of benzene rings is 1. The molecule has 4 nitrogen and oxygen atoms in total. The van der Waals surface area contributed by atoms with Gasteiger partial charge in [-0.15, -0.1) is 0 Å². The quantitative estimate of drug-likeness (QED) is 0.862. The highest BCUT2D eigenvalue weighted by Crippen LogP contribution is 2.27. The first kappa shape index (κ1) is 15.8. The van der Waals surface area contributed by atoms with Crippen LogP contribution in [0, 0.1) is 5.92 Å². The van der Waals surface area contributed by atoms with E-state index in [0.29, 0.717) is 10.7 Å². The van der Waals surface area contributed by atoms with Crippen LogP contribution in [0.2, 0.25) is 5.02 Å². The predicted octanol–water partition coefficient (Wildman–Crippen LogP) is 3.73. The van der Waals surface area contributed by atoms with E-state index in [4.69, 9.17) is 16.7 Å². The lowest BCUT2D eigenvalue weighted by Crippen LogP contribution is -2.39. The Kier molecular flexibility index (Phi) is 5.62. The Bertz CT molecular complexity index is 493. The van der Waals surface area contributed by atoms with Gasteiger partial charge in [0.15, 0.2) is 0 Å². The molecule has 1 aliphatic rings. The number of nitrogens with zero attached hydrogens (tertiary/aromatic N) is 1. The fraction of sp³-hybridized carbons (Fsp3) is 0.500. The van der Waals surface area contributed by atoms with Crippen molar-refractivity contribution in [1.82, 2.24) is 0 Å². The summed E-state index contributed by atoms with van der Waals surface area (Å²) in [6.07, 6.45) is 6.09. The van der Waals surface area contributed by atoms with Crippen molar-refractivity contribution in [2.75, 3.05) is 11.4 Å².